The van der Waals surface area contributed by atoms with E-state index in [1.54, 1.807) is 23.0 Å². The molecule has 2 rings (SSSR count). The van der Waals surface area contributed by atoms with E-state index in [-0.39, 0.29) is 5.56 Å². The molecule has 80 valence electrons. The fraction of sp³-hybridized carbons (Fsp3) is 0.100. The van der Waals surface area contributed by atoms with E-state index in [1.807, 2.05) is 0 Å². The van der Waals surface area contributed by atoms with Crippen LogP contribution >= 0.6 is 0 Å². The van der Waals surface area contributed by atoms with Crippen molar-refractivity contribution < 1.29 is 4.39 Å². The SMILES string of the molecule is N#Cc1cc(Cn2ccc(N)n2)ncc1F. The third kappa shape index (κ3) is 1.98. The van der Waals surface area contributed by atoms with Crippen molar-refractivity contribution in [3.8, 4) is 6.07 Å². The highest BCUT2D eigenvalue weighted by Gasteiger charge is 2.05. The molecule has 0 bridgehead atoms. The number of rotatable bonds is 2. The van der Waals surface area contributed by atoms with Gasteiger partial charge in [0.05, 0.1) is 24.0 Å². The van der Waals surface area contributed by atoms with E-state index in [0.29, 0.717) is 18.1 Å². The Bertz CT molecular complexity index is 555. The molecule has 2 heterocycles. The van der Waals surface area contributed by atoms with Crippen LogP contribution in [0.15, 0.2) is 24.5 Å². The second-order valence-electron chi connectivity index (χ2n) is 3.21. The van der Waals surface area contributed by atoms with E-state index in [2.05, 4.69) is 10.1 Å². The number of aromatic nitrogens is 3. The lowest BCUT2D eigenvalue weighted by Crippen LogP contribution is -2.04. The van der Waals surface area contributed by atoms with Crippen LogP contribution in [0.3, 0.4) is 0 Å². The van der Waals surface area contributed by atoms with Crippen molar-refractivity contribution in [1.82, 2.24) is 14.8 Å². The Balaban J connectivity index is 2.26. The van der Waals surface area contributed by atoms with Gasteiger partial charge < -0.3 is 5.73 Å². The Morgan fingerprint density at radius 2 is 2.38 bits per heavy atom. The number of nitriles is 1. The van der Waals surface area contributed by atoms with Crippen LogP contribution < -0.4 is 5.73 Å². The number of hydrogen-bond acceptors (Lipinski definition) is 4. The quantitative estimate of drug-likeness (QED) is 0.811. The maximum atomic E-state index is 13.0. The predicted molar refractivity (Wildman–Crippen MR) is 54.7 cm³/mol. The molecule has 16 heavy (non-hydrogen) atoms. The van der Waals surface area contributed by atoms with Gasteiger partial charge in [-0.15, -0.1) is 0 Å². The Hall–Kier alpha value is -2.42. The minimum atomic E-state index is -0.619. The minimum absolute atomic E-state index is 0.0230. The summed E-state index contributed by atoms with van der Waals surface area (Å²) in [5, 5.41) is 12.6. The van der Waals surface area contributed by atoms with Crippen LogP contribution in [0.25, 0.3) is 0 Å². The molecule has 0 spiro atoms. The van der Waals surface area contributed by atoms with E-state index in [0.717, 1.165) is 6.20 Å². The number of anilines is 1. The number of hydrogen-bond donors (Lipinski definition) is 1. The number of pyridine rings is 1. The number of halogens is 1. The molecule has 2 N–H and O–H groups in total. The lowest BCUT2D eigenvalue weighted by atomic mass is 10.2. The topological polar surface area (TPSA) is 80.5 Å². The normalized spacial score (nSPS) is 10.0. The first-order chi connectivity index (χ1) is 7.69. The second kappa shape index (κ2) is 3.98. The molecule has 0 fully saturated rings. The fourth-order valence-electron chi connectivity index (χ4n) is 1.29. The third-order valence-corrected chi connectivity index (χ3v) is 2.02. The van der Waals surface area contributed by atoms with E-state index < -0.39 is 5.82 Å². The van der Waals surface area contributed by atoms with Gasteiger partial charge >= 0.3 is 0 Å². The summed E-state index contributed by atoms with van der Waals surface area (Å²) in [5.74, 6) is -0.214. The molecule has 6 heteroatoms. The van der Waals surface area contributed by atoms with E-state index in [1.165, 1.54) is 6.07 Å². The zero-order chi connectivity index (χ0) is 11.5. The molecule has 0 aromatic carbocycles. The molecule has 0 aliphatic rings. The molecular formula is C10H8FN5. The third-order valence-electron chi connectivity index (χ3n) is 2.02. The molecule has 0 saturated heterocycles. The molecule has 2 aromatic heterocycles. The molecule has 5 nitrogen and oxygen atoms in total. The van der Waals surface area contributed by atoms with E-state index >= 15 is 0 Å². The summed E-state index contributed by atoms with van der Waals surface area (Å²) in [6, 6.07) is 4.80. The van der Waals surface area contributed by atoms with Crippen LogP contribution in [0.4, 0.5) is 10.2 Å². The summed E-state index contributed by atoms with van der Waals surface area (Å²) < 4.78 is 14.6. The van der Waals surface area contributed by atoms with Crippen LogP contribution in [0.1, 0.15) is 11.3 Å². The first kappa shape index (κ1) is 10.1. The van der Waals surface area contributed by atoms with Gasteiger partial charge in [-0.2, -0.15) is 10.4 Å². The summed E-state index contributed by atoms with van der Waals surface area (Å²) in [4.78, 5) is 3.86. The van der Waals surface area contributed by atoms with Gasteiger partial charge in [0.25, 0.3) is 0 Å². The zero-order valence-corrected chi connectivity index (χ0v) is 8.26. The largest absolute Gasteiger partial charge is 0.382 e. The highest BCUT2D eigenvalue weighted by molar-refractivity contribution is 5.30. The predicted octanol–water partition coefficient (Wildman–Crippen LogP) is 0.919. The minimum Gasteiger partial charge on any atom is -0.382 e. The zero-order valence-electron chi connectivity index (χ0n) is 8.26. The average Bonchev–Trinajstić information content (AvgIpc) is 2.67. The van der Waals surface area contributed by atoms with Crippen molar-refractivity contribution in [3.05, 3.63) is 41.6 Å². The van der Waals surface area contributed by atoms with Crippen molar-refractivity contribution >= 4 is 5.82 Å². The lowest BCUT2D eigenvalue weighted by Gasteiger charge is -2.01. The first-order valence-electron chi connectivity index (χ1n) is 4.52. The van der Waals surface area contributed by atoms with Gasteiger partial charge in [0.2, 0.25) is 0 Å². The molecule has 0 atom stereocenters. The summed E-state index contributed by atoms with van der Waals surface area (Å²) in [6.45, 7) is 0.353. The molecule has 0 aliphatic carbocycles. The van der Waals surface area contributed by atoms with Crippen LogP contribution in [0.5, 0.6) is 0 Å². The highest BCUT2D eigenvalue weighted by atomic mass is 19.1. The van der Waals surface area contributed by atoms with Crippen molar-refractivity contribution in [2.75, 3.05) is 5.73 Å². The molecule has 2 aromatic rings. The van der Waals surface area contributed by atoms with Gasteiger partial charge in [-0.05, 0) is 12.1 Å². The Kier molecular flexibility index (Phi) is 2.52. The highest BCUT2D eigenvalue weighted by Crippen LogP contribution is 2.08. The van der Waals surface area contributed by atoms with Crippen molar-refractivity contribution in [3.63, 3.8) is 0 Å². The fourth-order valence-corrected chi connectivity index (χ4v) is 1.29. The van der Waals surface area contributed by atoms with E-state index in [9.17, 15) is 4.39 Å². The molecule has 0 radical (unpaired) electrons. The van der Waals surface area contributed by atoms with Gasteiger partial charge in [0, 0.05) is 6.20 Å². The van der Waals surface area contributed by atoms with Gasteiger partial charge in [0.1, 0.15) is 11.9 Å². The average molecular weight is 217 g/mol. The van der Waals surface area contributed by atoms with Crippen LogP contribution in [0, 0.1) is 17.1 Å². The lowest BCUT2D eigenvalue weighted by molar-refractivity contribution is 0.609. The number of nitrogens with zero attached hydrogens (tertiary/aromatic N) is 4. The maximum absolute atomic E-state index is 13.0. The summed E-state index contributed by atoms with van der Waals surface area (Å²) in [5.41, 5.74) is 5.98. The summed E-state index contributed by atoms with van der Waals surface area (Å²) in [7, 11) is 0. The van der Waals surface area contributed by atoms with Crippen LogP contribution in [-0.2, 0) is 6.54 Å². The van der Waals surface area contributed by atoms with Gasteiger partial charge in [-0.1, -0.05) is 0 Å². The van der Waals surface area contributed by atoms with Crippen LogP contribution in [0.2, 0.25) is 0 Å². The molecule has 0 amide bonds. The smallest absolute Gasteiger partial charge is 0.159 e. The van der Waals surface area contributed by atoms with Crippen LogP contribution in [-0.4, -0.2) is 14.8 Å². The van der Waals surface area contributed by atoms with Crippen molar-refractivity contribution in [1.29, 1.82) is 5.26 Å². The van der Waals surface area contributed by atoms with Gasteiger partial charge in [-0.3, -0.25) is 9.67 Å². The maximum Gasteiger partial charge on any atom is 0.159 e. The summed E-state index contributed by atoms with van der Waals surface area (Å²) >= 11 is 0. The second-order valence-corrected chi connectivity index (χ2v) is 3.21. The summed E-state index contributed by atoms with van der Waals surface area (Å²) in [6.07, 6.45) is 2.72. The van der Waals surface area contributed by atoms with Crippen molar-refractivity contribution in [2.24, 2.45) is 0 Å². The number of nitrogen functional groups attached to an aromatic ring is 1. The molecular weight excluding hydrogens is 209 g/mol. The van der Waals surface area contributed by atoms with E-state index in [4.69, 9.17) is 11.0 Å². The molecule has 0 aliphatic heterocycles. The van der Waals surface area contributed by atoms with Gasteiger partial charge in [-0.25, -0.2) is 4.39 Å². The monoisotopic (exact) mass is 217 g/mol. The standard InChI is InChI=1S/C10H8FN5/c11-9-5-14-8(3-7(9)4-12)6-16-2-1-10(13)15-16/h1-3,5H,6H2,(H2,13,15). The van der Waals surface area contributed by atoms with Crippen molar-refractivity contribution in [2.45, 2.75) is 6.54 Å². The van der Waals surface area contributed by atoms with Gasteiger partial charge in [0.15, 0.2) is 5.82 Å². The number of nitrogens with two attached hydrogens (primary N) is 1. The Labute approximate surface area is 90.9 Å². The molecule has 0 unspecified atom stereocenters. The Morgan fingerprint density at radius 3 is 3.00 bits per heavy atom. The first-order valence-corrected chi connectivity index (χ1v) is 4.52. The molecule has 0 saturated carbocycles. The Morgan fingerprint density at radius 1 is 1.56 bits per heavy atom.